The van der Waals surface area contributed by atoms with Crippen molar-refractivity contribution >= 4 is 17.5 Å². The van der Waals surface area contributed by atoms with E-state index in [1.807, 2.05) is 6.92 Å². The van der Waals surface area contributed by atoms with Crippen LogP contribution in [0.2, 0.25) is 5.15 Å². The molecule has 1 N–H and O–H groups in total. The summed E-state index contributed by atoms with van der Waals surface area (Å²) in [6.45, 7) is 1.81. The Balaban J connectivity index is 2.08. The summed E-state index contributed by atoms with van der Waals surface area (Å²) in [4.78, 5) is 11.9. The maximum Gasteiger partial charge on any atom is 0.272 e. The molecule has 7 nitrogen and oxygen atoms in total. The molecule has 2 aromatic rings. The van der Waals surface area contributed by atoms with Crippen LogP contribution in [0, 0.1) is 0 Å². The van der Waals surface area contributed by atoms with E-state index >= 15 is 0 Å². The quantitative estimate of drug-likeness (QED) is 0.886. The van der Waals surface area contributed by atoms with Crippen molar-refractivity contribution in [3.05, 3.63) is 35.1 Å². The zero-order chi connectivity index (χ0) is 13.1. The van der Waals surface area contributed by atoms with Gasteiger partial charge in [-0.25, -0.2) is 0 Å². The van der Waals surface area contributed by atoms with Gasteiger partial charge in [-0.3, -0.25) is 4.79 Å². The van der Waals surface area contributed by atoms with Crippen molar-refractivity contribution in [1.29, 1.82) is 0 Å². The molecule has 0 fully saturated rings. The van der Waals surface area contributed by atoms with Crippen molar-refractivity contribution in [2.45, 2.75) is 13.0 Å². The van der Waals surface area contributed by atoms with Crippen LogP contribution in [0.25, 0.3) is 0 Å². The fraction of sp³-hybridized carbons (Fsp3) is 0.300. The van der Waals surface area contributed by atoms with E-state index in [2.05, 4.69) is 25.7 Å². The lowest BCUT2D eigenvalue weighted by molar-refractivity contribution is 0.0931. The molecule has 0 radical (unpaired) electrons. The number of nitrogens with zero attached hydrogens (tertiary/aromatic N) is 5. The fourth-order valence-corrected chi connectivity index (χ4v) is 1.56. The molecule has 0 saturated carbocycles. The summed E-state index contributed by atoms with van der Waals surface area (Å²) in [5, 5.41) is 18.0. The molecule has 2 heterocycles. The van der Waals surface area contributed by atoms with Gasteiger partial charge in [0.05, 0.1) is 6.04 Å². The highest BCUT2D eigenvalue weighted by Crippen LogP contribution is 2.08. The normalized spacial score (nSPS) is 12.2. The molecule has 1 amide bonds. The van der Waals surface area contributed by atoms with E-state index in [9.17, 15) is 4.79 Å². The third-order valence-corrected chi connectivity index (χ3v) is 2.55. The van der Waals surface area contributed by atoms with Crippen molar-refractivity contribution in [3.63, 3.8) is 0 Å². The average molecular weight is 267 g/mol. The molecular formula is C10H11ClN6O. The number of hydrogen-bond donors (Lipinski definition) is 1. The van der Waals surface area contributed by atoms with Crippen molar-refractivity contribution in [1.82, 2.24) is 30.3 Å². The van der Waals surface area contributed by atoms with Crippen LogP contribution in [0.3, 0.4) is 0 Å². The third-order valence-electron chi connectivity index (χ3n) is 2.35. The van der Waals surface area contributed by atoms with Crippen LogP contribution in [0.4, 0.5) is 0 Å². The monoisotopic (exact) mass is 266 g/mol. The Morgan fingerprint density at radius 3 is 2.72 bits per heavy atom. The Bertz CT molecular complexity index is 552. The first-order chi connectivity index (χ1) is 8.58. The summed E-state index contributed by atoms with van der Waals surface area (Å²) in [7, 11) is 1.81. The number of rotatable bonds is 3. The molecule has 0 aliphatic heterocycles. The third kappa shape index (κ3) is 2.62. The lowest BCUT2D eigenvalue weighted by atomic mass is 10.3. The Hall–Kier alpha value is -2.02. The zero-order valence-electron chi connectivity index (χ0n) is 9.83. The number of aromatic nitrogens is 5. The molecule has 8 heteroatoms. The highest BCUT2D eigenvalue weighted by molar-refractivity contribution is 6.29. The SMILES string of the molecule is CC(NC(=O)c1ccc(Cl)nn1)c1nncn1C. The molecule has 1 unspecified atom stereocenters. The maximum absolute atomic E-state index is 11.9. The molecule has 0 spiro atoms. The lowest BCUT2D eigenvalue weighted by Crippen LogP contribution is -2.29. The highest BCUT2D eigenvalue weighted by atomic mass is 35.5. The minimum absolute atomic E-state index is 0.202. The predicted octanol–water partition coefficient (Wildman–Crippen LogP) is 0.750. The van der Waals surface area contributed by atoms with Gasteiger partial charge in [0.2, 0.25) is 0 Å². The Morgan fingerprint density at radius 2 is 2.17 bits per heavy atom. The van der Waals surface area contributed by atoms with E-state index < -0.39 is 0 Å². The number of hydrogen-bond acceptors (Lipinski definition) is 5. The predicted molar refractivity (Wildman–Crippen MR) is 63.9 cm³/mol. The summed E-state index contributed by atoms with van der Waals surface area (Å²) >= 11 is 5.60. The van der Waals surface area contributed by atoms with E-state index in [0.717, 1.165) is 0 Å². The number of carbonyl (C=O) groups excluding carboxylic acids is 1. The smallest absolute Gasteiger partial charge is 0.272 e. The van der Waals surface area contributed by atoms with Gasteiger partial charge in [0.1, 0.15) is 6.33 Å². The summed E-state index contributed by atoms with van der Waals surface area (Å²) < 4.78 is 1.73. The molecule has 0 aliphatic carbocycles. The van der Waals surface area contributed by atoms with Gasteiger partial charge in [-0.05, 0) is 19.1 Å². The molecule has 0 aromatic carbocycles. The van der Waals surface area contributed by atoms with Crippen LogP contribution in [-0.4, -0.2) is 30.9 Å². The Morgan fingerprint density at radius 1 is 1.39 bits per heavy atom. The van der Waals surface area contributed by atoms with Gasteiger partial charge < -0.3 is 9.88 Å². The van der Waals surface area contributed by atoms with Crippen molar-refractivity contribution in [2.75, 3.05) is 0 Å². The van der Waals surface area contributed by atoms with Gasteiger partial charge in [0.15, 0.2) is 16.7 Å². The summed E-state index contributed by atoms with van der Waals surface area (Å²) in [5.74, 6) is 0.319. The average Bonchev–Trinajstić information content (AvgIpc) is 2.76. The van der Waals surface area contributed by atoms with E-state index in [4.69, 9.17) is 11.6 Å². The summed E-state index contributed by atoms with van der Waals surface area (Å²) in [5.41, 5.74) is 0.202. The summed E-state index contributed by atoms with van der Waals surface area (Å²) in [6, 6.07) is 2.74. The number of carbonyl (C=O) groups is 1. The van der Waals surface area contributed by atoms with Crippen LogP contribution < -0.4 is 5.32 Å². The number of amides is 1. The van der Waals surface area contributed by atoms with Gasteiger partial charge in [-0.2, -0.15) is 0 Å². The number of nitrogens with one attached hydrogen (secondary N) is 1. The van der Waals surface area contributed by atoms with Crippen LogP contribution in [0.15, 0.2) is 18.5 Å². The molecule has 2 aromatic heterocycles. The zero-order valence-corrected chi connectivity index (χ0v) is 10.6. The minimum atomic E-state index is -0.338. The Kier molecular flexibility index (Phi) is 3.52. The van der Waals surface area contributed by atoms with Gasteiger partial charge >= 0.3 is 0 Å². The second kappa shape index (κ2) is 5.09. The second-order valence-electron chi connectivity index (χ2n) is 3.74. The lowest BCUT2D eigenvalue weighted by Gasteiger charge is -2.12. The topological polar surface area (TPSA) is 85.6 Å². The van der Waals surface area contributed by atoms with E-state index in [1.165, 1.54) is 12.1 Å². The van der Waals surface area contributed by atoms with E-state index in [1.54, 1.807) is 17.9 Å². The first kappa shape index (κ1) is 12.4. The molecule has 1 atom stereocenters. The van der Waals surface area contributed by atoms with Gasteiger partial charge in [-0.1, -0.05) is 11.6 Å². The minimum Gasteiger partial charge on any atom is -0.341 e. The van der Waals surface area contributed by atoms with Gasteiger partial charge in [-0.15, -0.1) is 20.4 Å². The molecule has 94 valence electrons. The number of aryl methyl sites for hydroxylation is 1. The maximum atomic E-state index is 11.9. The second-order valence-corrected chi connectivity index (χ2v) is 4.12. The summed E-state index contributed by atoms with van der Waals surface area (Å²) in [6.07, 6.45) is 1.57. The van der Waals surface area contributed by atoms with Gasteiger partial charge in [0, 0.05) is 7.05 Å². The first-order valence-electron chi connectivity index (χ1n) is 5.22. The molecule has 2 rings (SSSR count). The van der Waals surface area contributed by atoms with E-state index in [-0.39, 0.29) is 22.8 Å². The highest BCUT2D eigenvalue weighted by Gasteiger charge is 2.16. The van der Waals surface area contributed by atoms with Crippen LogP contribution in [-0.2, 0) is 7.05 Å². The standard InChI is InChI=1S/C10H11ClN6O/c1-6(9-16-12-5-17(9)2)13-10(18)7-3-4-8(11)15-14-7/h3-6H,1-2H3,(H,13,18). The van der Waals surface area contributed by atoms with Crippen molar-refractivity contribution < 1.29 is 4.79 Å². The molecule has 0 bridgehead atoms. The molecule has 18 heavy (non-hydrogen) atoms. The molecule has 0 aliphatic rings. The fourth-order valence-electron chi connectivity index (χ4n) is 1.46. The van der Waals surface area contributed by atoms with Crippen LogP contribution >= 0.6 is 11.6 Å². The van der Waals surface area contributed by atoms with Crippen molar-refractivity contribution in [2.24, 2.45) is 7.05 Å². The molecular weight excluding hydrogens is 256 g/mol. The molecule has 0 saturated heterocycles. The number of halogens is 1. The Labute approximate surface area is 108 Å². The van der Waals surface area contributed by atoms with Crippen LogP contribution in [0.1, 0.15) is 29.3 Å². The van der Waals surface area contributed by atoms with Crippen molar-refractivity contribution in [3.8, 4) is 0 Å². The largest absolute Gasteiger partial charge is 0.341 e. The first-order valence-corrected chi connectivity index (χ1v) is 5.59. The van der Waals surface area contributed by atoms with E-state index in [0.29, 0.717) is 5.82 Å². The van der Waals surface area contributed by atoms with Gasteiger partial charge in [0.25, 0.3) is 5.91 Å². The van der Waals surface area contributed by atoms with Crippen LogP contribution in [0.5, 0.6) is 0 Å².